The minimum absolute atomic E-state index is 0.169. The highest BCUT2D eigenvalue weighted by molar-refractivity contribution is 5.94. The number of benzene rings is 2. The molecule has 0 radical (unpaired) electrons. The highest BCUT2D eigenvalue weighted by Crippen LogP contribution is 2.31. The van der Waals surface area contributed by atoms with Gasteiger partial charge in [-0.25, -0.2) is 0 Å². The summed E-state index contributed by atoms with van der Waals surface area (Å²) in [5.41, 5.74) is 6.16. The molecule has 0 aliphatic heterocycles. The largest absolute Gasteiger partial charge is 0.457 e. The van der Waals surface area contributed by atoms with Gasteiger partial charge in [-0.3, -0.25) is 4.79 Å². The van der Waals surface area contributed by atoms with Gasteiger partial charge in [0, 0.05) is 18.0 Å². The fourth-order valence-corrected chi connectivity index (χ4v) is 3.34. The maximum Gasteiger partial charge on any atom is 0.416 e. The van der Waals surface area contributed by atoms with Crippen molar-refractivity contribution in [3.8, 4) is 11.5 Å². The quantitative estimate of drug-likeness (QED) is 0.437. The predicted octanol–water partition coefficient (Wildman–Crippen LogP) is 5.57. The van der Waals surface area contributed by atoms with Crippen LogP contribution in [-0.2, 0) is 6.18 Å². The van der Waals surface area contributed by atoms with Crippen LogP contribution >= 0.6 is 0 Å². The average molecular weight is 458 g/mol. The average Bonchev–Trinajstić information content (AvgIpc) is 2.79. The van der Waals surface area contributed by atoms with Crippen molar-refractivity contribution in [2.45, 2.75) is 38.3 Å². The zero-order valence-electron chi connectivity index (χ0n) is 18.1. The number of carbonyl (C=O) groups is 1. The fourth-order valence-electron chi connectivity index (χ4n) is 3.34. The third kappa shape index (κ3) is 6.93. The summed E-state index contributed by atoms with van der Waals surface area (Å²) < 4.78 is 43.5. The summed E-state index contributed by atoms with van der Waals surface area (Å²) in [6.45, 7) is 2.56. The highest BCUT2D eigenvalue weighted by Gasteiger charge is 2.30. The van der Waals surface area contributed by atoms with E-state index >= 15 is 0 Å². The summed E-state index contributed by atoms with van der Waals surface area (Å²) in [6.07, 6.45) is -1.78. The van der Waals surface area contributed by atoms with E-state index in [-0.39, 0.29) is 17.6 Å². The molecule has 33 heavy (non-hydrogen) atoms. The molecule has 0 aliphatic carbocycles. The topological polar surface area (TPSA) is 90.1 Å². The first-order valence-corrected chi connectivity index (χ1v) is 10.6. The van der Waals surface area contributed by atoms with E-state index in [2.05, 4.69) is 22.4 Å². The second-order valence-electron chi connectivity index (χ2n) is 7.56. The maximum absolute atomic E-state index is 12.6. The van der Waals surface area contributed by atoms with Gasteiger partial charge in [-0.05, 0) is 73.5 Å². The maximum atomic E-state index is 12.6. The second kappa shape index (κ2) is 10.8. The van der Waals surface area contributed by atoms with Crippen LogP contribution in [0, 0.1) is 0 Å². The molecule has 174 valence electrons. The first kappa shape index (κ1) is 24.0. The number of anilines is 1. The number of nitrogens with two attached hydrogens (primary N) is 1. The van der Waals surface area contributed by atoms with Gasteiger partial charge in [0.1, 0.15) is 17.3 Å². The number of carbonyl (C=O) groups excluding carboxylic acids is 1. The number of nitrogens with zero attached hydrogens (tertiary/aromatic N) is 2. The van der Waals surface area contributed by atoms with Crippen molar-refractivity contribution in [1.82, 2.24) is 15.5 Å². The van der Waals surface area contributed by atoms with Crippen LogP contribution in [0.5, 0.6) is 11.5 Å². The summed E-state index contributed by atoms with van der Waals surface area (Å²) in [4.78, 5) is 12.5. The summed E-state index contributed by atoms with van der Waals surface area (Å²) in [5.74, 6) is 0.995. The number of aromatic nitrogens is 2. The van der Waals surface area contributed by atoms with E-state index in [9.17, 15) is 18.0 Å². The Balaban J connectivity index is 1.52. The van der Waals surface area contributed by atoms with E-state index in [0.717, 1.165) is 30.7 Å². The Kier molecular flexibility index (Phi) is 7.87. The number of hydrogen-bond acceptors (Lipinski definition) is 5. The Labute approximate surface area is 190 Å². The third-order valence-corrected chi connectivity index (χ3v) is 5.07. The molecule has 1 heterocycles. The SMILES string of the molecule is CCCC(CCNC(=O)c1ccc(Oc2ccc(C(F)(F)F)cc2)cc1)c1ccc(N)nn1. The van der Waals surface area contributed by atoms with Gasteiger partial charge >= 0.3 is 6.18 Å². The van der Waals surface area contributed by atoms with Crippen LogP contribution in [0.2, 0.25) is 0 Å². The molecule has 9 heteroatoms. The van der Waals surface area contributed by atoms with Crippen molar-refractivity contribution in [3.63, 3.8) is 0 Å². The molecule has 3 aromatic rings. The Morgan fingerprint density at radius 3 is 2.15 bits per heavy atom. The van der Waals surface area contributed by atoms with Crippen molar-refractivity contribution in [1.29, 1.82) is 0 Å². The van der Waals surface area contributed by atoms with Crippen LogP contribution in [0.4, 0.5) is 19.0 Å². The molecule has 0 aliphatic rings. The number of nitrogens with one attached hydrogen (secondary N) is 1. The van der Waals surface area contributed by atoms with Crippen molar-refractivity contribution in [2.75, 3.05) is 12.3 Å². The molecule has 1 aromatic heterocycles. The first-order valence-electron chi connectivity index (χ1n) is 10.6. The van der Waals surface area contributed by atoms with E-state index < -0.39 is 11.7 Å². The molecule has 0 spiro atoms. The molecule has 0 saturated heterocycles. The van der Waals surface area contributed by atoms with Gasteiger partial charge in [-0.1, -0.05) is 13.3 Å². The first-order chi connectivity index (χ1) is 15.8. The lowest BCUT2D eigenvalue weighted by Crippen LogP contribution is -2.25. The molecule has 6 nitrogen and oxygen atoms in total. The van der Waals surface area contributed by atoms with Gasteiger partial charge in [0.2, 0.25) is 0 Å². The monoisotopic (exact) mass is 458 g/mol. The normalized spacial score (nSPS) is 12.2. The molecule has 0 saturated carbocycles. The van der Waals surface area contributed by atoms with Gasteiger partial charge in [0.15, 0.2) is 0 Å². The lowest BCUT2D eigenvalue weighted by molar-refractivity contribution is -0.137. The molecule has 3 N–H and O–H groups in total. The molecule has 2 aromatic carbocycles. The van der Waals surface area contributed by atoms with Crippen molar-refractivity contribution in [2.24, 2.45) is 0 Å². The minimum Gasteiger partial charge on any atom is -0.457 e. The number of alkyl halides is 3. The van der Waals surface area contributed by atoms with Crippen molar-refractivity contribution in [3.05, 3.63) is 77.5 Å². The summed E-state index contributed by atoms with van der Waals surface area (Å²) in [6, 6.07) is 14.4. The lowest BCUT2D eigenvalue weighted by atomic mass is 9.96. The number of nitrogen functional groups attached to an aromatic ring is 1. The minimum atomic E-state index is -4.40. The van der Waals surface area contributed by atoms with Gasteiger partial charge < -0.3 is 15.8 Å². The Hall–Kier alpha value is -3.62. The standard InChI is InChI=1S/C24H25F3N4O2/c1-2-3-16(21-12-13-22(28)31-30-21)14-15-29-23(32)17-4-8-19(9-5-17)33-20-10-6-18(7-11-20)24(25,26)27/h4-13,16H,2-3,14-15H2,1H3,(H2,28,31)(H,29,32). The number of ether oxygens (including phenoxy) is 1. The zero-order chi connectivity index (χ0) is 23.8. The van der Waals surface area contributed by atoms with E-state index in [4.69, 9.17) is 10.5 Å². The Morgan fingerprint density at radius 1 is 0.970 bits per heavy atom. The molecular formula is C24H25F3N4O2. The number of hydrogen-bond donors (Lipinski definition) is 2. The van der Waals surface area contributed by atoms with E-state index in [1.54, 1.807) is 30.3 Å². The number of halogens is 3. The smallest absolute Gasteiger partial charge is 0.416 e. The van der Waals surface area contributed by atoms with Crippen LogP contribution in [0.25, 0.3) is 0 Å². The molecule has 1 amide bonds. The Bertz CT molecular complexity index is 1040. The lowest BCUT2D eigenvalue weighted by Gasteiger charge is -2.15. The summed E-state index contributed by atoms with van der Waals surface area (Å²) >= 11 is 0. The summed E-state index contributed by atoms with van der Waals surface area (Å²) in [7, 11) is 0. The molecule has 0 fully saturated rings. The van der Waals surface area contributed by atoms with Gasteiger partial charge in [-0.2, -0.15) is 18.3 Å². The fraction of sp³-hybridized carbons (Fsp3) is 0.292. The molecule has 1 atom stereocenters. The third-order valence-electron chi connectivity index (χ3n) is 5.07. The molecule has 1 unspecified atom stereocenters. The van der Waals surface area contributed by atoms with Crippen LogP contribution < -0.4 is 15.8 Å². The van der Waals surface area contributed by atoms with Crippen molar-refractivity contribution >= 4 is 11.7 Å². The number of amides is 1. The highest BCUT2D eigenvalue weighted by atomic mass is 19.4. The molecule has 0 bridgehead atoms. The van der Waals surface area contributed by atoms with Gasteiger partial charge in [0.05, 0.1) is 11.3 Å². The van der Waals surface area contributed by atoms with Crippen LogP contribution in [-0.4, -0.2) is 22.6 Å². The summed E-state index contributed by atoms with van der Waals surface area (Å²) in [5, 5.41) is 11.0. The molecular weight excluding hydrogens is 433 g/mol. The predicted molar refractivity (Wildman–Crippen MR) is 119 cm³/mol. The Morgan fingerprint density at radius 2 is 1.61 bits per heavy atom. The van der Waals surface area contributed by atoms with Gasteiger partial charge in [0.25, 0.3) is 5.91 Å². The van der Waals surface area contributed by atoms with Crippen LogP contribution in [0.3, 0.4) is 0 Å². The van der Waals surface area contributed by atoms with Crippen LogP contribution in [0.1, 0.15) is 53.7 Å². The zero-order valence-corrected chi connectivity index (χ0v) is 18.1. The molecule has 3 rings (SSSR count). The van der Waals surface area contributed by atoms with Crippen molar-refractivity contribution < 1.29 is 22.7 Å². The van der Waals surface area contributed by atoms with E-state index in [1.165, 1.54) is 12.1 Å². The number of rotatable bonds is 9. The van der Waals surface area contributed by atoms with Gasteiger partial charge in [-0.15, -0.1) is 5.10 Å². The van der Waals surface area contributed by atoms with E-state index in [0.29, 0.717) is 30.1 Å². The van der Waals surface area contributed by atoms with Crippen LogP contribution in [0.15, 0.2) is 60.7 Å². The second-order valence-corrected chi connectivity index (χ2v) is 7.56. The van der Waals surface area contributed by atoms with E-state index in [1.807, 2.05) is 6.07 Å².